The van der Waals surface area contributed by atoms with Gasteiger partial charge in [0.1, 0.15) is 11.5 Å². The molecular weight excluding hydrogens is 474 g/mol. The Kier molecular flexibility index (Phi) is 7.97. The Balaban J connectivity index is 2.27. The fourth-order valence-electron chi connectivity index (χ4n) is 5.50. The quantitative estimate of drug-likeness (QED) is 0.248. The van der Waals surface area contributed by atoms with Crippen molar-refractivity contribution in [2.75, 3.05) is 27.0 Å². The molecule has 35 heavy (non-hydrogen) atoms. The van der Waals surface area contributed by atoms with Crippen molar-refractivity contribution in [2.24, 2.45) is 23.3 Å². The van der Waals surface area contributed by atoms with Crippen molar-refractivity contribution in [3.8, 4) is 5.75 Å². The SMILES string of the molecule is CSCc1cc(CN)c2c(c1O)C(=O)C1=C(O)C(O)(C(=O)CC(N)=O)C(C(CO)N(C)C)CC1C2. The Morgan fingerprint density at radius 3 is 2.46 bits per heavy atom. The molecule has 0 spiro atoms. The standard InChI is InChI=1S/C24H33N3O7S/c1-27(2)16(9-28)15-6-11-5-14-12(8-25)4-13(10-35-3)21(31)20(14)22(32)19(11)23(33)24(15,34)17(29)7-18(26)30/h4,11,15-16,28,31,33-34H,5-10,25H2,1-3H3,(H2,26,30). The molecule has 0 fully saturated rings. The maximum absolute atomic E-state index is 13.7. The molecule has 2 aliphatic carbocycles. The zero-order chi connectivity index (χ0) is 26.2. The molecule has 10 nitrogen and oxygen atoms in total. The summed E-state index contributed by atoms with van der Waals surface area (Å²) in [5.41, 5.74) is 10.2. The van der Waals surface area contributed by atoms with Crippen molar-refractivity contribution in [3.63, 3.8) is 0 Å². The third-order valence-electron chi connectivity index (χ3n) is 7.19. The molecule has 0 heterocycles. The van der Waals surface area contributed by atoms with Crippen molar-refractivity contribution < 1.29 is 34.8 Å². The summed E-state index contributed by atoms with van der Waals surface area (Å²) in [4.78, 5) is 40.0. The minimum Gasteiger partial charge on any atom is -0.508 e. The second kappa shape index (κ2) is 10.3. The van der Waals surface area contributed by atoms with Crippen molar-refractivity contribution in [1.82, 2.24) is 4.90 Å². The van der Waals surface area contributed by atoms with E-state index >= 15 is 0 Å². The van der Waals surface area contributed by atoms with Crippen molar-refractivity contribution in [1.29, 1.82) is 0 Å². The predicted molar refractivity (Wildman–Crippen MR) is 131 cm³/mol. The lowest BCUT2D eigenvalue weighted by molar-refractivity contribution is -0.151. The summed E-state index contributed by atoms with van der Waals surface area (Å²) in [6, 6.07) is 0.999. The van der Waals surface area contributed by atoms with Gasteiger partial charge in [-0.05, 0) is 56.3 Å². The number of phenolic OH excluding ortho intramolecular Hbond substituents is 1. The van der Waals surface area contributed by atoms with Gasteiger partial charge in [-0.2, -0.15) is 11.8 Å². The van der Waals surface area contributed by atoms with Crippen LogP contribution >= 0.6 is 11.8 Å². The summed E-state index contributed by atoms with van der Waals surface area (Å²) in [6.07, 6.45) is 1.29. The van der Waals surface area contributed by atoms with E-state index in [0.717, 1.165) is 0 Å². The van der Waals surface area contributed by atoms with Crippen LogP contribution in [-0.2, 0) is 28.3 Å². The molecular formula is C24H33N3O7S. The number of rotatable bonds is 9. The van der Waals surface area contributed by atoms with Gasteiger partial charge in [-0.3, -0.25) is 14.4 Å². The van der Waals surface area contributed by atoms with E-state index in [1.54, 1.807) is 25.1 Å². The molecule has 192 valence electrons. The third-order valence-corrected chi connectivity index (χ3v) is 7.79. The molecule has 1 amide bonds. The van der Waals surface area contributed by atoms with Crippen LogP contribution in [0, 0.1) is 11.8 Å². The molecule has 0 aromatic heterocycles. The van der Waals surface area contributed by atoms with E-state index in [0.29, 0.717) is 22.4 Å². The number of primary amides is 1. The number of Topliss-reactive ketones (excluding diaryl/α,β-unsaturated/α-hetero) is 2. The fourth-order valence-corrected chi connectivity index (χ4v) is 6.03. The lowest BCUT2D eigenvalue weighted by Gasteiger charge is -2.47. The van der Waals surface area contributed by atoms with E-state index in [9.17, 15) is 34.8 Å². The van der Waals surface area contributed by atoms with E-state index < -0.39 is 59.7 Å². The van der Waals surface area contributed by atoms with E-state index in [-0.39, 0.29) is 36.3 Å². The van der Waals surface area contributed by atoms with Crippen LogP contribution in [0.3, 0.4) is 0 Å². The highest BCUT2D eigenvalue weighted by molar-refractivity contribution is 7.97. The zero-order valence-electron chi connectivity index (χ0n) is 20.1. The number of nitrogens with two attached hydrogens (primary N) is 2. The number of amides is 1. The van der Waals surface area contributed by atoms with Gasteiger partial charge in [0.25, 0.3) is 0 Å². The number of likely N-dealkylation sites (N-methyl/N-ethyl adjacent to an activating group) is 1. The lowest BCUT2D eigenvalue weighted by Crippen LogP contribution is -2.60. The minimum atomic E-state index is -2.62. The molecule has 4 unspecified atom stereocenters. The van der Waals surface area contributed by atoms with Gasteiger partial charge in [-0.15, -0.1) is 0 Å². The number of hydrogen-bond donors (Lipinski definition) is 6. The number of hydrogen-bond acceptors (Lipinski definition) is 10. The van der Waals surface area contributed by atoms with Crippen LogP contribution in [-0.4, -0.2) is 81.4 Å². The molecule has 0 radical (unpaired) electrons. The van der Waals surface area contributed by atoms with Gasteiger partial charge in [0.15, 0.2) is 17.2 Å². The molecule has 3 rings (SSSR count). The van der Waals surface area contributed by atoms with Crippen molar-refractivity contribution >= 4 is 29.2 Å². The largest absolute Gasteiger partial charge is 0.508 e. The van der Waals surface area contributed by atoms with E-state index in [1.807, 2.05) is 6.26 Å². The number of carbonyl (C=O) groups excluding carboxylic acids is 3. The summed E-state index contributed by atoms with van der Waals surface area (Å²) >= 11 is 1.45. The lowest BCUT2D eigenvalue weighted by atomic mass is 9.61. The molecule has 11 heteroatoms. The number of carbonyl (C=O) groups is 3. The first-order valence-electron chi connectivity index (χ1n) is 11.3. The number of benzene rings is 1. The molecule has 2 aliphatic rings. The second-order valence-corrected chi connectivity index (χ2v) is 10.3. The number of allylic oxidation sites excluding steroid dienone is 1. The molecule has 0 saturated carbocycles. The fraction of sp³-hybridized carbons (Fsp3) is 0.542. The zero-order valence-corrected chi connectivity index (χ0v) is 20.9. The predicted octanol–water partition coefficient (Wildman–Crippen LogP) is -0.001000. The number of aliphatic hydroxyl groups excluding tert-OH is 2. The van der Waals surface area contributed by atoms with Crippen LogP contribution in [0.15, 0.2) is 17.4 Å². The molecule has 0 aliphatic heterocycles. The normalized spacial score (nSPS) is 24.8. The molecule has 1 aromatic rings. The Morgan fingerprint density at radius 2 is 1.94 bits per heavy atom. The Hall–Kier alpha value is -2.44. The summed E-state index contributed by atoms with van der Waals surface area (Å²) in [6.45, 7) is -0.312. The molecule has 8 N–H and O–H groups in total. The van der Waals surface area contributed by atoms with Crippen LogP contribution in [0.1, 0.15) is 39.9 Å². The van der Waals surface area contributed by atoms with Gasteiger partial charge in [-0.25, -0.2) is 0 Å². The number of aliphatic hydroxyl groups is 3. The number of ketones is 2. The summed E-state index contributed by atoms with van der Waals surface area (Å²) in [5, 5.41) is 44.0. The molecule has 0 saturated heterocycles. The van der Waals surface area contributed by atoms with Crippen LogP contribution in [0.2, 0.25) is 0 Å². The van der Waals surface area contributed by atoms with Crippen LogP contribution in [0.4, 0.5) is 0 Å². The van der Waals surface area contributed by atoms with E-state index in [4.69, 9.17) is 11.5 Å². The maximum Gasteiger partial charge on any atom is 0.225 e. The van der Waals surface area contributed by atoms with Crippen molar-refractivity contribution in [3.05, 3.63) is 39.7 Å². The smallest absolute Gasteiger partial charge is 0.225 e. The topological polar surface area (TPSA) is 187 Å². The van der Waals surface area contributed by atoms with Crippen LogP contribution in [0.5, 0.6) is 5.75 Å². The van der Waals surface area contributed by atoms with Crippen LogP contribution < -0.4 is 11.5 Å². The monoisotopic (exact) mass is 507 g/mol. The highest BCUT2D eigenvalue weighted by Crippen LogP contribution is 2.50. The molecule has 1 aromatic carbocycles. The van der Waals surface area contributed by atoms with Gasteiger partial charge >= 0.3 is 0 Å². The van der Waals surface area contributed by atoms with E-state index in [2.05, 4.69) is 0 Å². The first-order valence-corrected chi connectivity index (χ1v) is 12.7. The van der Waals surface area contributed by atoms with Gasteiger partial charge in [0.05, 0.1) is 18.6 Å². The second-order valence-electron chi connectivity index (χ2n) is 9.41. The van der Waals surface area contributed by atoms with E-state index in [1.165, 1.54) is 11.8 Å². The highest BCUT2D eigenvalue weighted by Gasteiger charge is 2.58. The number of aromatic hydroxyl groups is 1. The van der Waals surface area contributed by atoms with Gasteiger partial charge in [-0.1, -0.05) is 0 Å². The first-order chi connectivity index (χ1) is 16.4. The summed E-state index contributed by atoms with van der Waals surface area (Å²) in [5.74, 6) is -5.04. The third kappa shape index (κ3) is 4.47. The number of nitrogens with zero attached hydrogens (tertiary/aromatic N) is 1. The number of thioether (sulfide) groups is 1. The summed E-state index contributed by atoms with van der Waals surface area (Å²) in [7, 11) is 3.30. The molecule has 4 atom stereocenters. The van der Waals surface area contributed by atoms with Gasteiger partial charge < -0.3 is 36.8 Å². The van der Waals surface area contributed by atoms with Gasteiger partial charge in [0.2, 0.25) is 5.91 Å². The summed E-state index contributed by atoms with van der Waals surface area (Å²) < 4.78 is 0. The maximum atomic E-state index is 13.7. The minimum absolute atomic E-state index is 0.00395. The number of fused-ring (bicyclic) bond motifs is 2. The first kappa shape index (κ1) is 27.2. The average molecular weight is 508 g/mol. The Bertz CT molecular complexity index is 1090. The molecule has 0 bridgehead atoms. The van der Waals surface area contributed by atoms with Gasteiger partial charge in [0, 0.05) is 35.4 Å². The Labute approximate surface area is 208 Å². The highest BCUT2D eigenvalue weighted by atomic mass is 32.2. The van der Waals surface area contributed by atoms with Crippen molar-refractivity contribution in [2.45, 2.75) is 43.2 Å². The Morgan fingerprint density at radius 1 is 1.29 bits per heavy atom. The van der Waals surface area contributed by atoms with Crippen LogP contribution in [0.25, 0.3) is 0 Å². The average Bonchev–Trinajstić information content (AvgIpc) is 2.78. The number of phenols is 1.